The van der Waals surface area contributed by atoms with E-state index < -0.39 is 5.82 Å². The van der Waals surface area contributed by atoms with Crippen molar-refractivity contribution in [2.24, 2.45) is 0 Å². The van der Waals surface area contributed by atoms with E-state index in [1.54, 1.807) is 42.5 Å². The van der Waals surface area contributed by atoms with Gasteiger partial charge in [0, 0.05) is 21.7 Å². The molecular weight excluding hydrogens is 358 g/mol. The first kappa shape index (κ1) is 17.4. The van der Waals surface area contributed by atoms with Crippen LogP contribution in [0.15, 0.2) is 72.8 Å². The number of benzene rings is 3. The molecule has 1 nitrogen and oxygen atoms in total. The standard InChI is InChI=1S/C21H13Cl2FO/c22-16-9-4-8-15(13-16)21(25)18(12-14-6-2-1-3-7-14)17-10-5-11-19(23)20(17)24/h1-13H. The average Bonchev–Trinajstić information content (AvgIpc) is 2.63. The Bertz CT molecular complexity index is 949. The second-order valence-electron chi connectivity index (χ2n) is 5.41. The Morgan fingerprint density at radius 1 is 0.880 bits per heavy atom. The molecule has 0 aromatic heterocycles. The van der Waals surface area contributed by atoms with Crippen LogP contribution in [0.25, 0.3) is 11.6 Å². The molecule has 0 saturated carbocycles. The molecule has 0 aliphatic rings. The fourth-order valence-electron chi connectivity index (χ4n) is 2.48. The normalized spacial score (nSPS) is 11.4. The van der Waals surface area contributed by atoms with E-state index in [-0.39, 0.29) is 21.9 Å². The zero-order valence-electron chi connectivity index (χ0n) is 13.0. The first-order valence-corrected chi connectivity index (χ1v) is 8.33. The molecule has 0 N–H and O–H groups in total. The fraction of sp³-hybridized carbons (Fsp3) is 0. The van der Waals surface area contributed by atoms with Crippen LogP contribution < -0.4 is 0 Å². The third kappa shape index (κ3) is 3.98. The third-order valence-corrected chi connectivity index (χ3v) is 4.21. The summed E-state index contributed by atoms with van der Waals surface area (Å²) >= 11 is 11.9. The van der Waals surface area contributed by atoms with Crippen molar-refractivity contribution in [3.8, 4) is 0 Å². The second-order valence-corrected chi connectivity index (χ2v) is 6.25. The SMILES string of the molecule is O=C(C(=Cc1ccccc1)c1cccc(Cl)c1F)c1cccc(Cl)c1. The van der Waals surface area contributed by atoms with Crippen LogP contribution in [0.1, 0.15) is 21.5 Å². The molecule has 3 rings (SSSR count). The minimum atomic E-state index is -0.623. The lowest BCUT2D eigenvalue weighted by molar-refractivity contribution is 0.105. The van der Waals surface area contributed by atoms with Crippen molar-refractivity contribution in [3.05, 3.63) is 105 Å². The van der Waals surface area contributed by atoms with E-state index in [4.69, 9.17) is 23.2 Å². The van der Waals surface area contributed by atoms with Crippen LogP contribution in [0.4, 0.5) is 4.39 Å². The Labute approximate surface area is 155 Å². The first-order chi connectivity index (χ1) is 12.1. The number of allylic oxidation sites excluding steroid dienone is 1. The summed E-state index contributed by atoms with van der Waals surface area (Å²) in [5.41, 5.74) is 1.54. The molecule has 3 aromatic rings. The molecule has 0 bridgehead atoms. The van der Waals surface area contributed by atoms with Crippen molar-refractivity contribution < 1.29 is 9.18 Å². The van der Waals surface area contributed by atoms with Crippen LogP contribution >= 0.6 is 23.2 Å². The number of carbonyl (C=O) groups is 1. The van der Waals surface area contributed by atoms with Crippen LogP contribution in [0, 0.1) is 5.82 Å². The van der Waals surface area contributed by atoms with E-state index >= 15 is 0 Å². The molecule has 0 radical (unpaired) electrons. The zero-order valence-corrected chi connectivity index (χ0v) is 14.6. The van der Waals surface area contributed by atoms with Crippen LogP contribution in [-0.4, -0.2) is 5.78 Å². The number of hydrogen-bond acceptors (Lipinski definition) is 1. The van der Waals surface area contributed by atoms with E-state index in [9.17, 15) is 9.18 Å². The van der Waals surface area contributed by atoms with E-state index in [1.165, 1.54) is 6.07 Å². The summed E-state index contributed by atoms with van der Waals surface area (Å²) in [6, 6.07) is 20.4. The molecule has 0 saturated heterocycles. The Morgan fingerprint density at radius 3 is 2.32 bits per heavy atom. The molecule has 0 unspecified atom stereocenters. The van der Waals surface area contributed by atoms with E-state index in [0.29, 0.717) is 10.6 Å². The second kappa shape index (κ2) is 7.64. The predicted octanol–water partition coefficient (Wildman–Crippen LogP) is 6.56. The first-order valence-electron chi connectivity index (χ1n) is 7.57. The topological polar surface area (TPSA) is 17.1 Å². The van der Waals surface area contributed by atoms with Crippen molar-refractivity contribution in [2.45, 2.75) is 0 Å². The third-order valence-electron chi connectivity index (χ3n) is 3.68. The number of halogens is 3. The molecule has 4 heteroatoms. The van der Waals surface area contributed by atoms with Crippen LogP contribution in [0.3, 0.4) is 0 Å². The highest BCUT2D eigenvalue weighted by atomic mass is 35.5. The van der Waals surface area contributed by atoms with Gasteiger partial charge in [-0.1, -0.05) is 77.8 Å². The van der Waals surface area contributed by atoms with Crippen LogP contribution in [0.2, 0.25) is 10.0 Å². The Kier molecular flexibility index (Phi) is 5.32. The van der Waals surface area contributed by atoms with Gasteiger partial charge in [0.1, 0.15) is 5.82 Å². The molecule has 124 valence electrons. The maximum Gasteiger partial charge on any atom is 0.193 e. The largest absolute Gasteiger partial charge is 0.289 e. The summed E-state index contributed by atoms with van der Waals surface area (Å²) in [6.45, 7) is 0. The lowest BCUT2D eigenvalue weighted by atomic mass is 9.94. The van der Waals surface area contributed by atoms with Crippen LogP contribution in [0.5, 0.6) is 0 Å². The molecule has 0 atom stereocenters. The van der Waals surface area contributed by atoms with Gasteiger partial charge in [-0.2, -0.15) is 0 Å². The van der Waals surface area contributed by atoms with Gasteiger partial charge in [-0.25, -0.2) is 4.39 Å². The molecule has 0 fully saturated rings. The van der Waals surface area contributed by atoms with Gasteiger partial charge in [-0.3, -0.25) is 4.79 Å². The van der Waals surface area contributed by atoms with E-state index in [0.717, 1.165) is 5.56 Å². The molecule has 0 spiro atoms. The Balaban J connectivity index is 2.17. The summed E-state index contributed by atoms with van der Waals surface area (Å²) in [5.74, 6) is -0.950. The van der Waals surface area contributed by atoms with Gasteiger partial charge in [-0.15, -0.1) is 0 Å². The van der Waals surface area contributed by atoms with Gasteiger partial charge in [0.05, 0.1) is 5.02 Å². The van der Waals surface area contributed by atoms with Crippen LogP contribution in [-0.2, 0) is 0 Å². The van der Waals surface area contributed by atoms with Crippen molar-refractivity contribution in [1.29, 1.82) is 0 Å². The minimum absolute atomic E-state index is 0.0321. The fourth-order valence-corrected chi connectivity index (χ4v) is 2.84. The lowest BCUT2D eigenvalue weighted by Crippen LogP contribution is -2.05. The van der Waals surface area contributed by atoms with E-state index in [1.807, 2.05) is 30.3 Å². The molecular formula is C21H13Cl2FO. The van der Waals surface area contributed by atoms with E-state index in [2.05, 4.69) is 0 Å². The average molecular weight is 371 g/mol. The maximum atomic E-state index is 14.6. The summed E-state index contributed by atoms with van der Waals surface area (Å²) in [5, 5.41) is 0.409. The number of Topliss-reactive ketones (excluding diaryl/α,β-unsaturated/α-hetero) is 1. The number of rotatable bonds is 4. The van der Waals surface area contributed by atoms with Crippen molar-refractivity contribution in [2.75, 3.05) is 0 Å². The molecule has 0 aliphatic carbocycles. The lowest BCUT2D eigenvalue weighted by Gasteiger charge is -2.10. The molecule has 0 heterocycles. The molecule has 3 aromatic carbocycles. The highest BCUT2D eigenvalue weighted by molar-refractivity contribution is 6.35. The summed E-state index contributed by atoms with van der Waals surface area (Å²) in [4.78, 5) is 13.0. The maximum absolute atomic E-state index is 14.6. The predicted molar refractivity (Wildman–Crippen MR) is 102 cm³/mol. The molecule has 0 amide bonds. The summed E-state index contributed by atoms with van der Waals surface area (Å²) in [7, 11) is 0. The summed E-state index contributed by atoms with van der Waals surface area (Å²) < 4.78 is 14.6. The molecule has 0 aliphatic heterocycles. The molecule has 25 heavy (non-hydrogen) atoms. The monoisotopic (exact) mass is 370 g/mol. The van der Waals surface area contributed by atoms with Crippen molar-refractivity contribution in [1.82, 2.24) is 0 Å². The minimum Gasteiger partial charge on any atom is -0.289 e. The highest BCUT2D eigenvalue weighted by Gasteiger charge is 2.19. The number of ketones is 1. The van der Waals surface area contributed by atoms with Gasteiger partial charge < -0.3 is 0 Å². The van der Waals surface area contributed by atoms with Crippen molar-refractivity contribution >= 4 is 40.6 Å². The van der Waals surface area contributed by atoms with Crippen molar-refractivity contribution in [3.63, 3.8) is 0 Å². The smallest absolute Gasteiger partial charge is 0.193 e. The van der Waals surface area contributed by atoms with Gasteiger partial charge in [0.25, 0.3) is 0 Å². The quantitative estimate of drug-likeness (QED) is 0.289. The Morgan fingerprint density at radius 2 is 1.60 bits per heavy atom. The van der Waals surface area contributed by atoms with Gasteiger partial charge in [0.2, 0.25) is 0 Å². The zero-order chi connectivity index (χ0) is 17.8. The number of hydrogen-bond donors (Lipinski definition) is 0. The van der Waals surface area contributed by atoms with Gasteiger partial charge >= 0.3 is 0 Å². The number of carbonyl (C=O) groups excluding carboxylic acids is 1. The highest BCUT2D eigenvalue weighted by Crippen LogP contribution is 2.29. The van der Waals surface area contributed by atoms with Gasteiger partial charge in [0.15, 0.2) is 5.78 Å². The summed E-state index contributed by atoms with van der Waals surface area (Å²) in [6.07, 6.45) is 1.65. The van der Waals surface area contributed by atoms with Gasteiger partial charge in [-0.05, 0) is 29.8 Å². The Hall–Kier alpha value is -2.42.